The first-order chi connectivity index (χ1) is 12.4. The molecule has 0 saturated carbocycles. The molecule has 1 amide bonds. The number of nitrogens with zero attached hydrogens (tertiary/aromatic N) is 3. The number of carbonyl (C=O) groups is 1. The minimum atomic E-state index is -0.797. The maximum absolute atomic E-state index is 12.3. The molecule has 1 atom stereocenters. The molecule has 2 aromatic rings. The molecule has 0 saturated heterocycles. The van der Waals surface area contributed by atoms with E-state index in [1.807, 2.05) is 19.1 Å². The molecule has 0 aromatic heterocycles. The summed E-state index contributed by atoms with van der Waals surface area (Å²) in [5.74, 6) is -0.214. The summed E-state index contributed by atoms with van der Waals surface area (Å²) in [7, 11) is 0. The van der Waals surface area contributed by atoms with Crippen LogP contribution in [0.25, 0.3) is 0 Å². The zero-order valence-electron chi connectivity index (χ0n) is 14.0. The smallest absolute Gasteiger partial charge is 0.245 e. The van der Waals surface area contributed by atoms with Crippen LogP contribution in [0.5, 0.6) is 0 Å². The van der Waals surface area contributed by atoms with Gasteiger partial charge in [-0.1, -0.05) is 35.3 Å². The van der Waals surface area contributed by atoms with Crippen LogP contribution < -0.4 is 5.32 Å². The lowest BCUT2D eigenvalue weighted by Crippen LogP contribution is -2.33. The third kappa shape index (κ3) is 3.98. The van der Waals surface area contributed by atoms with Crippen LogP contribution in [0.4, 0.5) is 5.69 Å². The van der Waals surface area contributed by atoms with Gasteiger partial charge < -0.3 is 5.32 Å². The molecule has 5 nitrogen and oxygen atoms in total. The molecule has 132 valence electrons. The van der Waals surface area contributed by atoms with Gasteiger partial charge in [-0.2, -0.15) is 10.4 Å². The standard InChI is InChI=1S/C19H16Cl2N4O/c1-19(11-22)12-25(24-18(19)13-2-4-14(20)5-3-13)10-17(26)23-16-8-6-15(21)7-9-16/h2-9H,10,12H2,1H3,(H,23,26). The monoisotopic (exact) mass is 386 g/mol. The van der Waals surface area contributed by atoms with Gasteiger partial charge in [0.1, 0.15) is 12.0 Å². The number of halogens is 2. The van der Waals surface area contributed by atoms with E-state index in [9.17, 15) is 10.1 Å². The molecule has 1 aliphatic heterocycles. The van der Waals surface area contributed by atoms with Crippen molar-refractivity contribution in [3.05, 3.63) is 64.1 Å². The van der Waals surface area contributed by atoms with Crippen molar-refractivity contribution in [2.75, 3.05) is 18.4 Å². The summed E-state index contributed by atoms with van der Waals surface area (Å²) in [6, 6.07) is 16.3. The predicted molar refractivity (Wildman–Crippen MR) is 103 cm³/mol. The first kappa shape index (κ1) is 18.2. The summed E-state index contributed by atoms with van der Waals surface area (Å²) in [5.41, 5.74) is 1.31. The van der Waals surface area contributed by atoms with E-state index in [1.165, 1.54) is 0 Å². The highest BCUT2D eigenvalue weighted by molar-refractivity contribution is 6.31. The quantitative estimate of drug-likeness (QED) is 0.856. The number of benzene rings is 2. The van der Waals surface area contributed by atoms with Crippen molar-refractivity contribution >= 4 is 40.5 Å². The number of carbonyl (C=O) groups excluding carboxylic acids is 1. The van der Waals surface area contributed by atoms with Crippen LogP contribution in [0.1, 0.15) is 12.5 Å². The first-order valence-electron chi connectivity index (χ1n) is 7.96. The van der Waals surface area contributed by atoms with E-state index >= 15 is 0 Å². The van der Waals surface area contributed by atoms with Gasteiger partial charge in [0.2, 0.25) is 5.91 Å². The van der Waals surface area contributed by atoms with Crippen molar-refractivity contribution in [2.24, 2.45) is 10.5 Å². The Morgan fingerprint density at radius 2 is 1.77 bits per heavy atom. The molecule has 1 N–H and O–H groups in total. The van der Waals surface area contributed by atoms with Gasteiger partial charge in [0.05, 0.1) is 18.3 Å². The van der Waals surface area contributed by atoms with E-state index in [1.54, 1.807) is 41.4 Å². The van der Waals surface area contributed by atoms with Gasteiger partial charge in [-0.05, 0) is 48.9 Å². The minimum Gasteiger partial charge on any atom is -0.324 e. The van der Waals surface area contributed by atoms with Crippen LogP contribution in [-0.2, 0) is 4.79 Å². The fourth-order valence-corrected chi connectivity index (χ4v) is 3.04. The highest BCUT2D eigenvalue weighted by Crippen LogP contribution is 2.30. The summed E-state index contributed by atoms with van der Waals surface area (Å²) in [4.78, 5) is 12.3. The zero-order valence-corrected chi connectivity index (χ0v) is 15.6. The fraction of sp³-hybridized carbons (Fsp3) is 0.211. The van der Waals surface area contributed by atoms with Gasteiger partial charge in [0.15, 0.2) is 0 Å². The zero-order chi connectivity index (χ0) is 18.7. The second-order valence-electron chi connectivity index (χ2n) is 6.28. The summed E-state index contributed by atoms with van der Waals surface area (Å²) >= 11 is 11.8. The molecule has 1 aliphatic rings. The van der Waals surface area contributed by atoms with Gasteiger partial charge in [-0.15, -0.1) is 0 Å². The van der Waals surface area contributed by atoms with Gasteiger partial charge in [-0.25, -0.2) is 0 Å². The second-order valence-corrected chi connectivity index (χ2v) is 7.15. The van der Waals surface area contributed by atoms with Crippen molar-refractivity contribution in [3.63, 3.8) is 0 Å². The number of hydrogen-bond donors (Lipinski definition) is 1. The van der Waals surface area contributed by atoms with Crippen LogP contribution in [0.15, 0.2) is 53.6 Å². The van der Waals surface area contributed by atoms with Crippen LogP contribution >= 0.6 is 23.2 Å². The molecular formula is C19H16Cl2N4O. The van der Waals surface area contributed by atoms with E-state index in [0.29, 0.717) is 28.0 Å². The Morgan fingerprint density at radius 3 is 2.35 bits per heavy atom. The molecule has 1 heterocycles. The van der Waals surface area contributed by atoms with Crippen molar-refractivity contribution in [1.82, 2.24) is 5.01 Å². The van der Waals surface area contributed by atoms with Crippen molar-refractivity contribution in [3.8, 4) is 6.07 Å². The third-order valence-electron chi connectivity index (χ3n) is 4.08. The average molecular weight is 387 g/mol. The number of anilines is 1. The van der Waals surface area contributed by atoms with Crippen molar-refractivity contribution in [1.29, 1.82) is 5.26 Å². The predicted octanol–water partition coefficient (Wildman–Crippen LogP) is 4.18. The molecule has 0 fully saturated rings. The maximum Gasteiger partial charge on any atom is 0.245 e. The third-order valence-corrected chi connectivity index (χ3v) is 4.59. The van der Waals surface area contributed by atoms with Crippen molar-refractivity contribution in [2.45, 2.75) is 6.92 Å². The van der Waals surface area contributed by atoms with Gasteiger partial charge in [-0.3, -0.25) is 9.80 Å². The molecule has 2 aromatic carbocycles. The Balaban J connectivity index is 1.74. The van der Waals surface area contributed by atoms with Crippen LogP contribution in [0, 0.1) is 16.7 Å². The number of hydrazone groups is 1. The van der Waals surface area contributed by atoms with E-state index in [0.717, 1.165) is 5.56 Å². The Hall–Kier alpha value is -2.55. The minimum absolute atomic E-state index is 0.0526. The van der Waals surface area contributed by atoms with Crippen LogP contribution in [-0.4, -0.2) is 29.7 Å². The summed E-state index contributed by atoms with van der Waals surface area (Å²) in [5, 5.41) is 19.8. The summed E-state index contributed by atoms with van der Waals surface area (Å²) in [6.07, 6.45) is 0. The number of rotatable bonds is 4. The average Bonchev–Trinajstić information content (AvgIpc) is 2.94. The lowest BCUT2D eigenvalue weighted by molar-refractivity contribution is -0.117. The van der Waals surface area contributed by atoms with E-state index in [2.05, 4.69) is 16.5 Å². The first-order valence-corrected chi connectivity index (χ1v) is 8.72. The fourth-order valence-electron chi connectivity index (χ4n) is 2.79. The molecule has 0 bridgehead atoms. The van der Waals surface area contributed by atoms with Gasteiger partial charge in [0.25, 0.3) is 0 Å². The molecule has 0 radical (unpaired) electrons. The van der Waals surface area contributed by atoms with Crippen molar-refractivity contribution < 1.29 is 4.79 Å². The second kappa shape index (κ2) is 7.36. The lowest BCUT2D eigenvalue weighted by atomic mass is 9.84. The Kier molecular flexibility index (Phi) is 5.17. The number of amides is 1. The van der Waals surface area contributed by atoms with E-state index in [-0.39, 0.29) is 12.5 Å². The molecule has 7 heteroatoms. The molecule has 26 heavy (non-hydrogen) atoms. The molecule has 0 aliphatic carbocycles. The SMILES string of the molecule is CC1(C#N)CN(CC(=O)Nc2ccc(Cl)cc2)N=C1c1ccc(Cl)cc1. The Morgan fingerprint density at radius 1 is 1.19 bits per heavy atom. The Labute approximate surface area is 161 Å². The highest BCUT2D eigenvalue weighted by Gasteiger charge is 2.40. The van der Waals surface area contributed by atoms with Crippen LogP contribution in [0.3, 0.4) is 0 Å². The lowest BCUT2D eigenvalue weighted by Gasteiger charge is -2.18. The van der Waals surface area contributed by atoms with Crippen LogP contribution in [0.2, 0.25) is 10.0 Å². The highest BCUT2D eigenvalue weighted by atomic mass is 35.5. The number of nitrogens with one attached hydrogen (secondary N) is 1. The molecular weight excluding hydrogens is 371 g/mol. The summed E-state index contributed by atoms with van der Waals surface area (Å²) in [6.45, 7) is 2.21. The normalized spacial score (nSPS) is 19.0. The van der Waals surface area contributed by atoms with E-state index < -0.39 is 5.41 Å². The van der Waals surface area contributed by atoms with E-state index in [4.69, 9.17) is 23.2 Å². The topological polar surface area (TPSA) is 68.5 Å². The molecule has 1 unspecified atom stereocenters. The van der Waals surface area contributed by atoms with Gasteiger partial charge in [0, 0.05) is 15.7 Å². The Bertz CT molecular complexity index is 887. The summed E-state index contributed by atoms with van der Waals surface area (Å²) < 4.78 is 0. The molecule has 0 spiro atoms. The molecule has 3 rings (SSSR count). The maximum atomic E-state index is 12.3. The number of nitriles is 1. The number of hydrogen-bond acceptors (Lipinski definition) is 4. The van der Waals surface area contributed by atoms with Gasteiger partial charge >= 0.3 is 0 Å². The largest absolute Gasteiger partial charge is 0.324 e.